The van der Waals surface area contributed by atoms with Gasteiger partial charge in [0.15, 0.2) is 0 Å². The highest BCUT2D eigenvalue weighted by Crippen LogP contribution is 2.38. The van der Waals surface area contributed by atoms with Gasteiger partial charge in [-0.3, -0.25) is 9.59 Å². The van der Waals surface area contributed by atoms with Crippen LogP contribution in [0.25, 0.3) is 0 Å². The van der Waals surface area contributed by atoms with Crippen molar-refractivity contribution < 1.29 is 9.59 Å². The summed E-state index contributed by atoms with van der Waals surface area (Å²) in [6, 6.07) is 5.29. The minimum atomic E-state index is -0.186. The zero-order chi connectivity index (χ0) is 17.9. The maximum Gasteiger partial charge on any atom is 0.253 e. The van der Waals surface area contributed by atoms with E-state index in [2.05, 4.69) is 10.6 Å². The van der Waals surface area contributed by atoms with E-state index in [-0.39, 0.29) is 23.3 Å². The van der Waals surface area contributed by atoms with Gasteiger partial charge in [-0.1, -0.05) is 30.9 Å². The van der Waals surface area contributed by atoms with E-state index in [1.807, 2.05) is 0 Å². The second-order valence-electron chi connectivity index (χ2n) is 7.43. The summed E-state index contributed by atoms with van der Waals surface area (Å²) in [5.41, 5.74) is 6.88. The molecule has 0 saturated heterocycles. The Hall–Kier alpha value is -1.59. The second kappa shape index (κ2) is 7.75. The van der Waals surface area contributed by atoms with Crippen LogP contribution in [0.1, 0.15) is 61.7 Å². The Kier molecular flexibility index (Phi) is 5.64. The Bertz CT molecular complexity index is 652. The molecule has 2 aliphatic rings. The van der Waals surface area contributed by atoms with Crippen LogP contribution >= 0.6 is 11.6 Å². The summed E-state index contributed by atoms with van der Waals surface area (Å²) in [6.07, 6.45) is 7.96. The molecule has 1 aromatic carbocycles. The molecule has 6 heteroatoms. The van der Waals surface area contributed by atoms with Crippen molar-refractivity contribution in [3.05, 3.63) is 28.8 Å². The predicted octanol–water partition coefficient (Wildman–Crippen LogP) is 3.47. The lowest BCUT2D eigenvalue weighted by Crippen LogP contribution is -2.36. The van der Waals surface area contributed by atoms with Gasteiger partial charge in [0.1, 0.15) is 0 Å². The largest absolute Gasteiger partial charge is 0.349 e. The maximum absolute atomic E-state index is 12.5. The zero-order valence-corrected chi connectivity index (χ0v) is 15.2. The molecule has 3 rings (SSSR count). The third kappa shape index (κ3) is 4.73. The van der Waals surface area contributed by atoms with Crippen LogP contribution in [0.15, 0.2) is 18.2 Å². The smallest absolute Gasteiger partial charge is 0.253 e. The molecule has 1 aromatic rings. The Morgan fingerprint density at radius 1 is 1.20 bits per heavy atom. The molecule has 0 heterocycles. The Morgan fingerprint density at radius 2 is 1.92 bits per heavy atom. The van der Waals surface area contributed by atoms with Gasteiger partial charge >= 0.3 is 0 Å². The third-order valence-corrected chi connectivity index (χ3v) is 5.62. The van der Waals surface area contributed by atoms with Crippen LogP contribution in [-0.2, 0) is 4.79 Å². The third-order valence-electron chi connectivity index (χ3n) is 5.29. The van der Waals surface area contributed by atoms with Crippen LogP contribution < -0.4 is 16.4 Å². The molecule has 0 spiro atoms. The van der Waals surface area contributed by atoms with Gasteiger partial charge in [0.05, 0.1) is 10.6 Å². The van der Waals surface area contributed by atoms with Crippen molar-refractivity contribution in [1.29, 1.82) is 0 Å². The molecule has 0 radical (unpaired) electrons. The molecule has 0 unspecified atom stereocenters. The summed E-state index contributed by atoms with van der Waals surface area (Å²) < 4.78 is 0. The van der Waals surface area contributed by atoms with Crippen LogP contribution in [0, 0.1) is 5.41 Å². The monoisotopic (exact) mass is 363 g/mol. The minimum absolute atomic E-state index is 0.0526. The number of amides is 2. The number of halogens is 1. The fourth-order valence-electron chi connectivity index (χ4n) is 3.57. The first kappa shape index (κ1) is 18.2. The second-order valence-corrected chi connectivity index (χ2v) is 7.84. The van der Waals surface area contributed by atoms with Gasteiger partial charge < -0.3 is 16.4 Å². The number of carbonyl (C=O) groups is 2. The molecule has 0 bridgehead atoms. The van der Waals surface area contributed by atoms with Gasteiger partial charge in [-0.25, -0.2) is 0 Å². The Labute approximate surface area is 153 Å². The Balaban J connectivity index is 1.65. The van der Waals surface area contributed by atoms with Gasteiger partial charge in [0.25, 0.3) is 5.91 Å². The molecule has 2 amide bonds. The number of anilines is 1. The summed E-state index contributed by atoms with van der Waals surface area (Å²) in [5.74, 6) is -0.238. The quantitative estimate of drug-likeness (QED) is 0.723. The molecule has 0 aliphatic heterocycles. The first-order valence-corrected chi connectivity index (χ1v) is 9.49. The average Bonchev–Trinajstić information content (AvgIpc) is 3.41. The van der Waals surface area contributed by atoms with E-state index in [9.17, 15) is 9.59 Å². The summed E-state index contributed by atoms with van der Waals surface area (Å²) in [6.45, 7) is 0.538. The lowest BCUT2D eigenvalue weighted by atomic mass is 9.71. The molecule has 5 nitrogen and oxygen atoms in total. The lowest BCUT2D eigenvalue weighted by Gasteiger charge is -2.35. The first-order valence-electron chi connectivity index (χ1n) is 9.12. The van der Waals surface area contributed by atoms with Crippen molar-refractivity contribution in [2.75, 3.05) is 11.9 Å². The summed E-state index contributed by atoms with van der Waals surface area (Å²) in [5, 5.41) is 6.22. The van der Waals surface area contributed by atoms with Gasteiger partial charge in [-0.15, -0.1) is 0 Å². The van der Waals surface area contributed by atoms with Gasteiger partial charge in [-0.2, -0.15) is 0 Å². The molecule has 0 atom stereocenters. The van der Waals surface area contributed by atoms with Crippen molar-refractivity contribution >= 4 is 29.1 Å². The van der Waals surface area contributed by atoms with Crippen LogP contribution in [-0.4, -0.2) is 24.4 Å². The number of hydrogen-bond acceptors (Lipinski definition) is 3. The number of benzene rings is 1. The van der Waals surface area contributed by atoms with E-state index in [0.29, 0.717) is 29.2 Å². The van der Waals surface area contributed by atoms with Gasteiger partial charge in [0.2, 0.25) is 5.91 Å². The topological polar surface area (TPSA) is 84.2 Å². The number of hydrogen-bond donors (Lipinski definition) is 3. The summed E-state index contributed by atoms with van der Waals surface area (Å²) in [4.78, 5) is 24.7. The van der Waals surface area contributed by atoms with Crippen molar-refractivity contribution in [3.8, 4) is 0 Å². The fraction of sp³-hybridized carbons (Fsp3) is 0.579. The lowest BCUT2D eigenvalue weighted by molar-refractivity contribution is -0.118. The summed E-state index contributed by atoms with van der Waals surface area (Å²) >= 11 is 6.14. The van der Waals surface area contributed by atoms with Crippen LogP contribution in [0.4, 0.5) is 5.69 Å². The molecule has 25 heavy (non-hydrogen) atoms. The number of nitrogens with one attached hydrogen (secondary N) is 2. The SMILES string of the molecule is NCC1(CC(=O)Nc2ccc(Cl)c(C(=O)NC3CC3)c2)CCCCC1. The molecule has 2 aliphatic carbocycles. The van der Waals surface area contributed by atoms with Crippen LogP contribution in [0.5, 0.6) is 0 Å². The maximum atomic E-state index is 12.5. The molecular formula is C19H26ClN3O2. The van der Waals surface area contributed by atoms with E-state index in [4.69, 9.17) is 17.3 Å². The minimum Gasteiger partial charge on any atom is -0.349 e. The Morgan fingerprint density at radius 3 is 2.56 bits per heavy atom. The van der Waals surface area contributed by atoms with Crippen molar-refractivity contribution in [2.24, 2.45) is 11.1 Å². The first-order chi connectivity index (χ1) is 12.0. The fourth-order valence-corrected chi connectivity index (χ4v) is 3.77. The number of nitrogens with two attached hydrogens (primary N) is 1. The van der Waals surface area contributed by atoms with Crippen LogP contribution in [0.3, 0.4) is 0 Å². The van der Waals surface area contributed by atoms with E-state index in [0.717, 1.165) is 38.5 Å². The van der Waals surface area contributed by atoms with E-state index in [1.54, 1.807) is 18.2 Å². The van der Waals surface area contributed by atoms with Crippen LogP contribution in [0.2, 0.25) is 5.02 Å². The van der Waals surface area contributed by atoms with Crippen molar-refractivity contribution in [2.45, 2.75) is 57.4 Å². The van der Waals surface area contributed by atoms with Crippen molar-refractivity contribution in [3.63, 3.8) is 0 Å². The highest BCUT2D eigenvalue weighted by Gasteiger charge is 2.33. The van der Waals surface area contributed by atoms with E-state index >= 15 is 0 Å². The van der Waals surface area contributed by atoms with Gasteiger partial charge in [-0.05, 0) is 55.8 Å². The van der Waals surface area contributed by atoms with Crippen molar-refractivity contribution in [1.82, 2.24) is 5.32 Å². The number of carbonyl (C=O) groups excluding carboxylic acids is 2. The number of rotatable bonds is 6. The molecule has 2 saturated carbocycles. The van der Waals surface area contributed by atoms with E-state index in [1.165, 1.54) is 6.42 Å². The van der Waals surface area contributed by atoms with E-state index < -0.39 is 0 Å². The zero-order valence-electron chi connectivity index (χ0n) is 14.4. The standard InChI is InChI=1S/C19H26ClN3O2/c20-16-7-6-14(10-15(16)18(25)23-13-4-5-13)22-17(24)11-19(12-21)8-2-1-3-9-19/h6-7,10,13H,1-5,8-9,11-12,21H2,(H,22,24)(H,23,25). The molecule has 4 N–H and O–H groups in total. The average molecular weight is 364 g/mol. The normalized spacial score (nSPS) is 19.3. The highest BCUT2D eigenvalue weighted by atomic mass is 35.5. The molecular weight excluding hydrogens is 338 g/mol. The predicted molar refractivity (Wildman–Crippen MR) is 99.8 cm³/mol. The van der Waals surface area contributed by atoms with Gasteiger partial charge in [0, 0.05) is 18.2 Å². The molecule has 136 valence electrons. The summed E-state index contributed by atoms with van der Waals surface area (Å²) in [7, 11) is 0. The molecule has 2 fully saturated rings. The molecule has 0 aromatic heterocycles. The highest BCUT2D eigenvalue weighted by molar-refractivity contribution is 6.34.